The summed E-state index contributed by atoms with van der Waals surface area (Å²) in [6.07, 6.45) is -0.0538. The lowest BCUT2D eigenvalue weighted by Crippen LogP contribution is -2.45. The van der Waals surface area contributed by atoms with Crippen LogP contribution in [0.4, 0.5) is 14.5 Å². The average Bonchev–Trinajstić information content (AvgIpc) is 3.08. The van der Waals surface area contributed by atoms with E-state index in [2.05, 4.69) is 5.43 Å². The number of halogens is 2. The number of nitrogens with zero attached hydrogens (tertiary/aromatic N) is 1. The van der Waals surface area contributed by atoms with E-state index in [9.17, 15) is 23.2 Å². The van der Waals surface area contributed by atoms with Crippen molar-refractivity contribution >= 4 is 23.4 Å². The van der Waals surface area contributed by atoms with Gasteiger partial charge in [0.1, 0.15) is 22.9 Å². The quantitative estimate of drug-likeness (QED) is 0.781. The summed E-state index contributed by atoms with van der Waals surface area (Å²) in [5.41, 5.74) is 3.90. The van der Waals surface area contributed by atoms with Crippen molar-refractivity contribution in [2.45, 2.75) is 6.42 Å². The second-order valence-corrected chi connectivity index (χ2v) is 6.14. The number of hydrogen-bond acceptors (Lipinski definition) is 4. The fraction of sp³-hybridized carbons (Fsp3) is 0.211. The number of carbonyl (C=O) groups is 3. The molecule has 146 valence electrons. The first-order valence-corrected chi connectivity index (χ1v) is 8.39. The molecule has 1 aliphatic rings. The van der Waals surface area contributed by atoms with Crippen molar-refractivity contribution < 1.29 is 27.9 Å². The molecule has 0 saturated carbocycles. The van der Waals surface area contributed by atoms with Crippen molar-refractivity contribution in [2.75, 3.05) is 18.6 Å². The standard InChI is InChI=1S/C19H17F2N3O4/c1-28-13-7-5-12(6-8-13)24-10-11(9-16(24)25)18(26)22-23-19(27)17-14(20)3-2-4-15(17)21/h2-8,11H,9-10H2,1H3,(H,22,26)(H,23,27)/t11-/m0/s1. The molecule has 1 atom stereocenters. The molecule has 0 unspecified atom stereocenters. The van der Waals surface area contributed by atoms with Gasteiger partial charge in [-0.25, -0.2) is 8.78 Å². The van der Waals surface area contributed by atoms with Crippen LogP contribution in [0, 0.1) is 17.6 Å². The Morgan fingerprint density at radius 1 is 1.07 bits per heavy atom. The molecule has 1 saturated heterocycles. The zero-order valence-corrected chi connectivity index (χ0v) is 14.9. The number of hydrazine groups is 1. The van der Waals surface area contributed by atoms with Crippen LogP contribution in [0.25, 0.3) is 0 Å². The van der Waals surface area contributed by atoms with Gasteiger partial charge in [0.2, 0.25) is 11.8 Å². The molecule has 2 aromatic carbocycles. The van der Waals surface area contributed by atoms with E-state index in [0.29, 0.717) is 11.4 Å². The summed E-state index contributed by atoms with van der Waals surface area (Å²) in [7, 11) is 1.53. The molecule has 2 N–H and O–H groups in total. The Bertz CT molecular complexity index is 898. The number of amides is 3. The monoisotopic (exact) mass is 389 g/mol. The van der Waals surface area contributed by atoms with E-state index in [-0.39, 0.29) is 18.9 Å². The highest BCUT2D eigenvalue weighted by molar-refractivity contribution is 6.01. The summed E-state index contributed by atoms with van der Waals surface area (Å²) >= 11 is 0. The summed E-state index contributed by atoms with van der Waals surface area (Å²) in [4.78, 5) is 37.9. The van der Waals surface area contributed by atoms with Crippen molar-refractivity contribution in [3.05, 3.63) is 59.7 Å². The topological polar surface area (TPSA) is 87.7 Å². The molecule has 0 radical (unpaired) electrons. The summed E-state index contributed by atoms with van der Waals surface area (Å²) in [5, 5.41) is 0. The number of hydrogen-bond donors (Lipinski definition) is 2. The van der Waals surface area contributed by atoms with E-state index < -0.39 is 34.9 Å². The first-order valence-electron chi connectivity index (χ1n) is 8.39. The van der Waals surface area contributed by atoms with Crippen LogP contribution in [0.3, 0.4) is 0 Å². The normalized spacial score (nSPS) is 16.0. The Kier molecular flexibility index (Phi) is 5.53. The molecule has 1 heterocycles. The Balaban J connectivity index is 1.61. The minimum Gasteiger partial charge on any atom is -0.497 e. The summed E-state index contributed by atoms with van der Waals surface area (Å²) in [6.45, 7) is 0.112. The SMILES string of the molecule is COc1ccc(N2C[C@@H](C(=O)NNC(=O)c3c(F)cccc3F)CC2=O)cc1. The molecule has 7 nitrogen and oxygen atoms in total. The van der Waals surface area contributed by atoms with E-state index in [1.54, 1.807) is 24.3 Å². The molecule has 0 bridgehead atoms. The van der Waals surface area contributed by atoms with Gasteiger partial charge in [-0.3, -0.25) is 25.2 Å². The van der Waals surface area contributed by atoms with Crippen LogP contribution in [0.15, 0.2) is 42.5 Å². The Morgan fingerprint density at radius 2 is 1.71 bits per heavy atom. The molecule has 1 aliphatic heterocycles. The highest BCUT2D eigenvalue weighted by Gasteiger charge is 2.35. The van der Waals surface area contributed by atoms with Crippen molar-refractivity contribution in [3.63, 3.8) is 0 Å². The summed E-state index contributed by atoms with van der Waals surface area (Å²) in [6, 6.07) is 9.76. The summed E-state index contributed by atoms with van der Waals surface area (Å²) in [5.74, 6) is -4.19. The highest BCUT2D eigenvalue weighted by Crippen LogP contribution is 2.26. The van der Waals surface area contributed by atoms with Gasteiger partial charge in [-0.05, 0) is 36.4 Å². The van der Waals surface area contributed by atoms with Crippen LogP contribution in [0.2, 0.25) is 0 Å². The molecule has 9 heteroatoms. The molecular weight excluding hydrogens is 372 g/mol. The highest BCUT2D eigenvalue weighted by atomic mass is 19.1. The maximum absolute atomic E-state index is 13.6. The van der Waals surface area contributed by atoms with E-state index in [0.717, 1.165) is 18.2 Å². The van der Waals surface area contributed by atoms with E-state index in [4.69, 9.17) is 4.74 Å². The summed E-state index contributed by atoms with van der Waals surface area (Å²) < 4.78 is 32.3. The third kappa shape index (κ3) is 3.93. The fourth-order valence-corrected chi connectivity index (χ4v) is 2.89. The molecule has 1 fully saturated rings. The van der Waals surface area contributed by atoms with Crippen LogP contribution in [0.1, 0.15) is 16.8 Å². The third-order valence-electron chi connectivity index (χ3n) is 4.37. The maximum atomic E-state index is 13.6. The van der Waals surface area contributed by atoms with Crippen molar-refractivity contribution in [3.8, 4) is 5.75 Å². The molecule has 0 aromatic heterocycles. The van der Waals surface area contributed by atoms with Crippen LogP contribution in [-0.4, -0.2) is 31.4 Å². The second kappa shape index (κ2) is 8.03. The van der Waals surface area contributed by atoms with Crippen LogP contribution < -0.4 is 20.5 Å². The van der Waals surface area contributed by atoms with E-state index >= 15 is 0 Å². The van der Waals surface area contributed by atoms with Gasteiger partial charge in [-0.15, -0.1) is 0 Å². The predicted molar refractivity (Wildman–Crippen MR) is 95.4 cm³/mol. The molecule has 2 aromatic rings. The minimum absolute atomic E-state index is 0.0538. The molecule has 0 spiro atoms. The van der Waals surface area contributed by atoms with Gasteiger partial charge in [-0.1, -0.05) is 6.07 Å². The number of rotatable bonds is 4. The third-order valence-corrected chi connectivity index (χ3v) is 4.37. The van der Waals surface area contributed by atoms with Crippen molar-refractivity contribution in [2.24, 2.45) is 5.92 Å². The zero-order valence-electron chi connectivity index (χ0n) is 14.9. The predicted octanol–water partition coefficient (Wildman–Crippen LogP) is 1.79. The Labute approximate surface area is 159 Å². The first-order chi connectivity index (χ1) is 13.4. The second-order valence-electron chi connectivity index (χ2n) is 6.14. The smallest absolute Gasteiger partial charge is 0.275 e. The van der Waals surface area contributed by atoms with Crippen molar-refractivity contribution in [1.29, 1.82) is 0 Å². The number of methoxy groups -OCH3 is 1. The fourth-order valence-electron chi connectivity index (χ4n) is 2.89. The number of anilines is 1. The molecule has 28 heavy (non-hydrogen) atoms. The van der Waals surface area contributed by atoms with Crippen LogP contribution in [-0.2, 0) is 9.59 Å². The van der Waals surface area contributed by atoms with Gasteiger partial charge >= 0.3 is 0 Å². The molecule has 3 rings (SSSR count). The van der Waals surface area contributed by atoms with Gasteiger partial charge in [0.25, 0.3) is 5.91 Å². The van der Waals surface area contributed by atoms with Gasteiger partial charge < -0.3 is 9.64 Å². The molecular formula is C19H17F2N3O4. The largest absolute Gasteiger partial charge is 0.497 e. The van der Waals surface area contributed by atoms with Crippen LogP contribution in [0.5, 0.6) is 5.75 Å². The lowest BCUT2D eigenvalue weighted by atomic mass is 10.1. The Hall–Kier alpha value is -3.49. The minimum atomic E-state index is -1.12. The van der Waals surface area contributed by atoms with Gasteiger partial charge in [-0.2, -0.15) is 0 Å². The molecule has 0 aliphatic carbocycles. The van der Waals surface area contributed by atoms with Gasteiger partial charge in [0, 0.05) is 18.7 Å². The lowest BCUT2D eigenvalue weighted by molar-refractivity contribution is -0.126. The average molecular weight is 389 g/mol. The van der Waals surface area contributed by atoms with Crippen molar-refractivity contribution in [1.82, 2.24) is 10.9 Å². The first kappa shape index (κ1) is 19.3. The number of carbonyl (C=O) groups excluding carboxylic acids is 3. The number of ether oxygens (including phenoxy) is 1. The number of nitrogens with one attached hydrogen (secondary N) is 2. The lowest BCUT2D eigenvalue weighted by Gasteiger charge is -2.17. The van der Waals surface area contributed by atoms with E-state index in [1.165, 1.54) is 12.0 Å². The maximum Gasteiger partial charge on any atom is 0.275 e. The van der Waals surface area contributed by atoms with E-state index in [1.807, 2.05) is 5.43 Å². The molecule has 3 amide bonds. The zero-order chi connectivity index (χ0) is 20.3. The van der Waals surface area contributed by atoms with Crippen LogP contribution >= 0.6 is 0 Å². The number of benzene rings is 2. The van der Waals surface area contributed by atoms with Gasteiger partial charge in [0.15, 0.2) is 0 Å². The van der Waals surface area contributed by atoms with Gasteiger partial charge in [0.05, 0.1) is 13.0 Å². The Morgan fingerprint density at radius 3 is 2.32 bits per heavy atom.